The Morgan fingerprint density at radius 1 is 1.17 bits per heavy atom. The maximum absolute atomic E-state index is 12.4. The molecule has 0 radical (unpaired) electrons. The normalized spacial score (nSPS) is 11.2. The van der Waals surface area contributed by atoms with Gasteiger partial charge in [-0.25, -0.2) is 9.78 Å². The second-order valence-corrected chi connectivity index (χ2v) is 5.38. The lowest BCUT2D eigenvalue weighted by atomic mass is 10.2. The highest BCUT2D eigenvalue weighted by Crippen LogP contribution is 2.27. The number of benzene rings is 1. The van der Waals surface area contributed by atoms with Crippen LogP contribution in [-0.4, -0.2) is 26.6 Å². The summed E-state index contributed by atoms with van der Waals surface area (Å²) in [5, 5.41) is 1.35. The minimum atomic E-state index is -0.295. The standard InChI is InChI=1S/C16H11ClN4O2/c1-23-13-5-7-19-15-14(13)21(16(22)20-15)9-2-3-12-10(8-9)11(17)4-6-18-12/h2-8H,1H3,(H,19,20,22). The number of fused-ring (bicyclic) bond motifs is 2. The summed E-state index contributed by atoms with van der Waals surface area (Å²) < 4.78 is 6.87. The molecule has 0 aliphatic rings. The minimum absolute atomic E-state index is 0.295. The molecule has 4 rings (SSSR count). The van der Waals surface area contributed by atoms with Crippen molar-refractivity contribution < 1.29 is 4.74 Å². The van der Waals surface area contributed by atoms with Crippen molar-refractivity contribution in [3.05, 3.63) is 58.2 Å². The number of H-pyrrole nitrogens is 1. The van der Waals surface area contributed by atoms with Crippen LogP contribution in [0.4, 0.5) is 0 Å². The molecule has 114 valence electrons. The van der Waals surface area contributed by atoms with Crippen molar-refractivity contribution >= 4 is 33.7 Å². The Balaban J connectivity index is 2.08. The van der Waals surface area contributed by atoms with E-state index in [-0.39, 0.29) is 5.69 Å². The van der Waals surface area contributed by atoms with Gasteiger partial charge in [-0.2, -0.15) is 0 Å². The summed E-state index contributed by atoms with van der Waals surface area (Å²) in [6, 6.07) is 8.89. The van der Waals surface area contributed by atoms with E-state index in [0.717, 1.165) is 10.9 Å². The van der Waals surface area contributed by atoms with Crippen molar-refractivity contribution in [2.75, 3.05) is 7.11 Å². The van der Waals surface area contributed by atoms with Crippen molar-refractivity contribution in [2.24, 2.45) is 0 Å². The van der Waals surface area contributed by atoms with Crippen LogP contribution < -0.4 is 10.4 Å². The summed E-state index contributed by atoms with van der Waals surface area (Å²) in [7, 11) is 1.55. The molecule has 0 atom stereocenters. The average Bonchev–Trinajstić information content (AvgIpc) is 2.91. The lowest BCUT2D eigenvalue weighted by Crippen LogP contribution is -2.14. The van der Waals surface area contributed by atoms with Crippen LogP contribution in [0.1, 0.15) is 0 Å². The quantitative estimate of drug-likeness (QED) is 0.614. The van der Waals surface area contributed by atoms with Crippen LogP contribution in [0.5, 0.6) is 5.75 Å². The molecule has 0 saturated heterocycles. The maximum Gasteiger partial charge on any atom is 0.332 e. The van der Waals surface area contributed by atoms with E-state index in [1.165, 1.54) is 4.57 Å². The molecule has 3 aromatic heterocycles. The topological polar surface area (TPSA) is 72.8 Å². The maximum atomic E-state index is 12.4. The Morgan fingerprint density at radius 3 is 2.83 bits per heavy atom. The van der Waals surface area contributed by atoms with E-state index in [0.29, 0.717) is 27.6 Å². The highest BCUT2D eigenvalue weighted by molar-refractivity contribution is 6.35. The fourth-order valence-electron chi connectivity index (χ4n) is 2.65. The van der Waals surface area contributed by atoms with Gasteiger partial charge < -0.3 is 4.74 Å². The Morgan fingerprint density at radius 2 is 2.00 bits per heavy atom. The zero-order valence-electron chi connectivity index (χ0n) is 12.1. The first kappa shape index (κ1) is 13.8. The molecule has 0 unspecified atom stereocenters. The molecule has 1 aromatic carbocycles. The van der Waals surface area contributed by atoms with Gasteiger partial charge in [-0.15, -0.1) is 0 Å². The van der Waals surface area contributed by atoms with Crippen LogP contribution in [0.15, 0.2) is 47.5 Å². The van der Waals surface area contributed by atoms with E-state index >= 15 is 0 Å². The zero-order valence-corrected chi connectivity index (χ0v) is 12.8. The van der Waals surface area contributed by atoms with Gasteiger partial charge in [0, 0.05) is 23.8 Å². The van der Waals surface area contributed by atoms with Crippen LogP contribution >= 0.6 is 11.6 Å². The minimum Gasteiger partial charge on any atom is -0.494 e. The number of methoxy groups -OCH3 is 1. The third-order valence-corrected chi connectivity index (χ3v) is 4.02. The highest BCUT2D eigenvalue weighted by Gasteiger charge is 2.15. The molecule has 0 saturated carbocycles. The van der Waals surface area contributed by atoms with Gasteiger partial charge in [0.25, 0.3) is 0 Å². The van der Waals surface area contributed by atoms with Crippen molar-refractivity contribution in [1.82, 2.24) is 19.5 Å². The number of ether oxygens (including phenoxy) is 1. The van der Waals surface area contributed by atoms with Gasteiger partial charge in [-0.3, -0.25) is 14.5 Å². The van der Waals surface area contributed by atoms with Crippen molar-refractivity contribution in [3.8, 4) is 11.4 Å². The largest absolute Gasteiger partial charge is 0.494 e. The lowest BCUT2D eigenvalue weighted by molar-refractivity contribution is 0.418. The van der Waals surface area contributed by atoms with Gasteiger partial charge in [0.1, 0.15) is 11.3 Å². The van der Waals surface area contributed by atoms with Gasteiger partial charge in [-0.1, -0.05) is 11.6 Å². The molecule has 23 heavy (non-hydrogen) atoms. The van der Waals surface area contributed by atoms with Gasteiger partial charge >= 0.3 is 5.69 Å². The van der Waals surface area contributed by atoms with Crippen LogP contribution in [0, 0.1) is 0 Å². The van der Waals surface area contributed by atoms with Crippen LogP contribution in [0.25, 0.3) is 27.8 Å². The Kier molecular flexibility index (Phi) is 3.06. The van der Waals surface area contributed by atoms with Gasteiger partial charge in [0.05, 0.1) is 23.3 Å². The van der Waals surface area contributed by atoms with Crippen molar-refractivity contribution in [2.45, 2.75) is 0 Å². The Labute approximate surface area is 135 Å². The third-order valence-electron chi connectivity index (χ3n) is 3.69. The number of pyridine rings is 2. The third kappa shape index (κ3) is 2.07. The SMILES string of the molecule is COc1ccnc2[nH]c(=O)n(-c3ccc4nccc(Cl)c4c3)c12. The van der Waals surface area contributed by atoms with Crippen molar-refractivity contribution in [1.29, 1.82) is 0 Å². The van der Waals surface area contributed by atoms with Crippen LogP contribution in [0.2, 0.25) is 5.02 Å². The second kappa shape index (κ2) is 5.10. The molecular weight excluding hydrogens is 316 g/mol. The molecule has 0 aliphatic carbocycles. The van der Waals surface area contributed by atoms with E-state index in [1.807, 2.05) is 18.2 Å². The number of nitrogens with zero attached hydrogens (tertiary/aromatic N) is 3. The number of aromatic amines is 1. The summed E-state index contributed by atoms with van der Waals surface area (Å²) in [6.45, 7) is 0. The summed E-state index contributed by atoms with van der Waals surface area (Å²) >= 11 is 6.23. The zero-order chi connectivity index (χ0) is 16.0. The summed E-state index contributed by atoms with van der Waals surface area (Å²) in [6.07, 6.45) is 3.23. The van der Waals surface area contributed by atoms with Crippen molar-refractivity contribution in [3.63, 3.8) is 0 Å². The predicted octanol–water partition coefficient (Wildman–Crippen LogP) is 2.92. The molecule has 0 fully saturated rings. The molecular formula is C16H11ClN4O2. The number of imidazole rings is 1. The summed E-state index contributed by atoms with van der Waals surface area (Å²) in [5.41, 5.74) is 2.18. The number of rotatable bonds is 2. The number of nitrogens with one attached hydrogen (secondary N) is 1. The van der Waals surface area contributed by atoms with Gasteiger partial charge in [0.15, 0.2) is 5.65 Å². The smallest absolute Gasteiger partial charge is 0.332 e. The predicted molar refractivity (Wildman–Crippen MR) is 88.6 cm³/mol. The first-order valence-electron chi connectivity index (χ1n) is 6.87. The average molecular weight is 327 g/mol. The molecule has 7 heteroatoms. The molecule has 0 bridgehead atoms. The molecule has 0 spiro atoms. The van der Waals surface area contributed by atoms with E-state index in [9.17, 15) is 4.79 Å². The van der Waals surface area contributed by atoms with Gasteiger partial charge in [-0.05, 0) is 24.3 Å². The Hall–Kier alpha value is -2.86. The van der Waals surface area contributed by atoms with E-state index in [2.05, 4.69) is 15.0 Å². The molecule has 6 nitrogen and oxygen atoms in total. The van der Waals surface area contributed by atoms with Crippen LogP contribution in [0.3, 0.4) is 0 Å². The molecule has 0 amide bonds. The molecule has 3 heterocycles. The number of hydrogen-bond donors (Lipinski definition) is 1. The number of hydrogen-bond acceptors (Lipinski definition) is 4. The van der Waals surface area contributed by atoms with Crippen LogP contribution in [-0.2, 0) is 0 Å². The summed E-state index contributed by atoms with van der Waals surface area (Å²) in [5.74, 6) is 0.561. The Bertz CT molecular complexity index is 1100. The first-order valence-corrected chi connectivity index (χ1v) is 7.25. The van der Waals surface area contributed by atoms with Gasteiger partial charge in [0.2, 0.25) is 0 Å². The highest BCUT2D eigenvalue weighted by atomic mass is 35.5. The number of halogens is 1. The fraction of sp³-hybridized carbons (Fsp3) is 0.0625. The fourth-order valence-corrected chi connectivity index (χ4v) is 2.86. The number of aromatic nitrogens is 4. The summed E-state index contributed by atoms with van der Waals surface area (Å²) in [4.78, 5) is 23.6. The molecule has 4 aromatic rings. The lowest BCUT2D eigenvalue weighted by Gasteiger charge is -2.08. The van der Waals surface area contributed by atoms with E-state index in [1.54, 1.807) is 31.6 Å². The molecule has 0 aliphatic heterocycles. The monoisotopic (exact) mass is 326 g/mol. The second-order valence-electron chi connectivity index (χ2n) is 4.97. The van der Waals surface area contributed by atoms with E-state index in [4.69, 9.17) is 16.3 Å². The van der Waals surface area contributed by atoms with E-state index < -0.39 is 0 Å². The molecule has 1 N–H and O–H groups in total. The first-order chi connectivity index (χ1) is 11.2.